The number of hydrogen-bond donors (Lipinski definition) is 1. The van der Waals surface area contributed by atoms with Crippen LogP contribution < -0.4 is 0 Å². The van der Waals surface area contributed by atoms with E-state index >= 15 is 0 Å². The Balaban J connectivity index is 2.65. The van der Waals surface area contributed by atoms with Crippen molar-refractivity contribution in [1.82, 2.24) is 0 Å². The summed E-state index contributed by atoms with van der Waals surface area (Å²) < 4.78 is 10.5. The molecule has 40 valence electrons. The van der Waals surface area contributed by atoms with E-state index in [0.717, 1.165) is 18.6 Å². The number of hydrogen-bond acceptors (Lipinski definition) is 2. The molecule has 1 unspecified atom stereocenters. The minimum atomic E-state index is -0.884. The first-order valence-electron chi connectivity index (χ1n) is 2.26. The molecule has 1 heterocycles. The zero-order valence-electron chi connectivity index (χ0n) is 3.94. The largest absolute Gasteiger partial charge is 0.296 e. The Labute approximate surface area is 44.9 Å². The van der Waals surface area contributed by atoms with Gasteiger partial charge in [-0.3, -0.25) is 9.62 Å². The van der Waals surface area contributed by atoms with Gasteiger partial charge in [0.15, 0.2) is 0 Å². The maximum absolute atomic E-state index is 10.5. The monoisotopic (exact) mass is 117 g/mol. The Kier molecular flexibility index (Phi) is 1.23. The highest BCUT2D eigenvalue weighted by atomic mass is 32.2. The smallest absolute Gasteiger partial charge is 0.0951 e. The molecule has 7 heavy (non-hydrogen) atoms. The van der Waals surface area contributed by atoms with Crippen LogP contribution in [0.3, 0.4) is 0 Å². The summed E-state index contributed by atoms with van der Waals surface area (Å²) in [7, 11) is -0.884. The van der Waals surface area contributed by atoms with Crippen molar-refractivity contribution in [3.05, 3.63) is 0 Å². The average molecular weight is 117 g/mol. The first kappa shape index (κ1) is 4.97. The molecule has 2 nitrogen and oxygen atoms in total. The van der Waals surface area contributed by atoms with Crippen LogP contribution in [-0.4, -0.2) is 15.0 Å². The highest BCUT2D eigenvalue weighted by Gasteiger charge is 2.13. The van der Waals surface area contributed by atoms with Crippen molar-refractivity contribution in [3.8, 4) is 0 Å². The van der Waals surface area contributed by atoms with Crippen molar-refractivity contribution in [2.45, 2.75) is 12.8 Å². The highest BCUT2D eigenvalue weighted by Crippen LogP contribution is 2.06. The fourth-order valence-electron chi connectivity index (χ4n) is 0.601. The quantitative estimate of drug-likeness (QED) is 0.493. The molecule has 0 aliphatic carbocycles. The van der Waals surface area contributed by atoms with Crippen molar-refractivity contribution < 1.29 is 4.21 Å². The lowest BCUT2D eigenvalue weighted by atomic mass is 10.4. The zero-order chi connectivity index (χ0) is 5.28. The van der Waals surface area contributed by atoms with E-state index < -0.39 is 10.8 Å². The molecule has 1 saturated heterocycles. The predicted octanol–water partition coefficient (Wildman–Crippen LogP) is 0.506. The second kappa shape index (κ2) is 1.74. The van der Waals surface area contributed by atoms with E-state index in [-0.39, 0.29) is 0 Å². The lowest BCUT2D eigenvalue weighted by Crippen LogP contribution is -1.95. The van der Waals surface area contributed by atoms with Gasteiger partial charge in [0.05, 0.1) is 15.8 Å². The highest BCUT2D eigenvalue weighted by molar-refractivity contribution is 8.00. The van der Waals surface area contributed by atoms with Gasteiger partial charge in [-0.1, -0.05) is 0 Å². The van der Waals surface area contributed by atoms with Gasteiger partial charge in [0, 0.05) is 5.75 Å². The first-order chi connectivity index (χ1) is 3.30. The molecule has 0 bridgehead atoms. The molecule has 0 aromatic rings. The van der Waals surface area contributed by atoms with Crippen LogP contribution in [0, 0.1) is 5.41 Å². The molecule has 1 N–H and O–H groups in total. The van der Waals surface area contributed by atoms with Crippen molar-refractivity contribution in [2.75, 3.05) is 5.75 Å². The minimum Gasteiger partial charge on any atom is -0.296 e. The molecule has 0 radical (unpaired) electrons. The Bertz CT molecular complexity index is 107. The van der Waals surface area contributed by atoms with Crippen LogP contribution in [0.25, 0.3) is 0 Å². The molecule has 0 aromatic heterocycles. The topological polar surface area (TPSA) is 40.9 Å². The van der Waals surface area contributed by atoms with E-state index in [0.29, 0.717) is 5.04 Å². The van der Waals surface area contributed by atoms with Crippen LogP contribution in [-0.2, 0) is 10.8 Å². The van der Waals surface area contributed by atoms with E-state index in [4.69, 9.17) is 5.41 Å². The van der Waals surface area contributed by atoms with E-state index in [2.05, 4.69) is 0 Å². The van der Waals surface area contributed by atoms with Gasteiger partial charge in [0.1, 0.15) is 0 Å². The Morgan fingerprint density at radius 1 is 1.71 bits per heavy atom. The second-order valence-corrected chi connectivity index (χ2v) is 3.17. The van der Waals surface area contributed by atoms with Crippen molar-refractivity contribution in [3.63, 3.8) is 0 Å². The summed E-state index contributed by atoms with van der Waals surface area (Å²) in [6, 6.07) is 0. The summed E-state index contributed by atoms with van der Waals surface area (Å²) in [5.74, 6) is 0.721. The van der Waals surface area contributed by atoms with Gasteiger partial charge in [-0.25, -0.2) is 0 Å². The first-order valence-corrected chi connectivity index (χ1v) is 3.58. The third-order valence-corrected chi connectivity index (χ3v) is 2.42. The molecule has 3 heteroatoms. The van der Waals surface area contributed by atoms with Gasteiger partial charge in [0.25, 0.3) is 0 Å². The summed E-state index contributed by atoms with van der Waals surface area (Å²) in [6.07, 6.45) is 1.71. The summed E-state index contributed by atoms with van der Waals surface area (Å²) in [5.41, 5.74) is 0. The maximum atomic E-state index is 10.5. The molecule has 0 aromatic carbocycles. The molecule has 1 rings (SSSR count). The standard InChI is InChI=1S/C4H7NOS/c5-4-2-1-3-7(4)6/h5H,1-3H2. The summed E-state index contributed by atoms with van der Waals surface area (Å²) in [4.78, 5) is 0. The molecule has 1 fully saturated rings. The predicted molar refractivity (Wildman–Crippen MR) is 30.0 cm³/mol. The molecule has 1 atom stereocenters. The Morgan fingerprint density at radius 2 is 2.43 bits per heavy atom. The van der Waals surface area contributed by atoms with Gasteiger partial charge in [-0.15, -0.1) is 0 Å². The third kappa shape index (κ3) is 0.881. The van der Waals surface area contributed by atoms with Gasteiger partial charge in [-0.2, -0.15) is 0 Å². The Morgan fingerprint density at radius 3 is 2.57 bits per heavy atom. The Hall–Kier alpha value is -0.180. The van der Waals surface area contributed by atoms with Crippen molar-refractivity contribution in [2.24, 2.45) is 0 Å². The van der Waals surface area contributed by atoms with Gasteiger partial charge >= 0.3 is 0 Å². The van der Waals surface area contributed by atoms with Crippen LogP contribution in [0.15, 0.2) is 0 Å². The molecule has 1 aliphatic rings. The van der Waals surface area contributed by atoms with Crippen molar-refractivity contribution >= 4 is 15.8 Å². The molecule has 0 saturated carbocycles. The van der Waals surface area contributed by atoms with E-state index in [9.17, 15) is 4.21 Å². The minimum absolute atomic E-state index is 0.431. The van der Waals surface area contributed by atoms with Crippen LogP contribution in [0.5, 0.6) is 0 Å². The third-order valence-electron chi connectivity index (χ3n) is 1.01. The van der Waals surface area contributed by atoms with Crippen LogP contribution >= 0.6 is 0 Å². The van der Waals surface area contributed by atoms with Crippen LogP contribution in [0.1, 0.15) is 12.8 Å². The van der Waals surface area contributed by atoms with E-state index in [1.807, 2.05) is 0 Å². The van der Waals surface area contributed by atoms with Crippen molar-refractivity contribution in [1.29, 1.82) is 5.41 Å². The molecule has 0 amide bonds. The van der Waals surface area contributed by atoms with Gasteiger partial charge < -0.3 is 0 Å². The molecular weight excluding hydrogens is 110 g/mol. The van der Waals surface area contributed by atoms with Gasteiger partial charge in [0.2, 0.25) is 0 Å². The van der Waals surface area contributed by atoms with E-state index in [1.165, 1.54) is 0 Å². The lowest BCUT2D eigenvalue weighted by molar-refractivity contribution is 0.690. The lowest BCUT2D eigenvalue weighted by Gasteiger charge is -1.80. The summed E-state index contributed by atoms with van der Waals surface area (Å²) in [5, 5.41) is 7.39. The summed E-state index contributed by atoms with van der Waals surface area (Å²) >= 11 is 0. The van der Waals surface area contributed by atoms with E-state index in [1.54, 1.807) is 0 Å². The fraction of sp³-hybridized carbons (Fsp3) is 0.750. The zero-order valence-corrected chi connectivity index (χ0v) is 4.75. The molecule has 0 spiro atoms. The maximum Gasteiger partial charge on any atom is 0.0951 e. The number of rotatable bonds is 0. The van der Waals surface area contributed by atoms with Gasteiger partial charge in [-0.05, 0) is 12.8 Å². The fourth-order valence-corrected chi connectivity index (χ4v) is 1.63. The average Bonchev–Trinajstić information content (AvgIpc) is 1.91. The van der Waals surface area contributed by atoms with Crippen LogP contribution in [0.2, 0.25) is 0 Å². The normalized spacial score (nSPS) is 31.4. The SMILES string of the molecule is N=C1CCCS1=O. The van der Waals surface area contributed by atoms with Crippen LogP contribution in [0.4, 0.5) is 0 Å². The molecule has 1 aliphatic heterocycles. The number of nitrogens with one attached hydrogen (secondary N) is 1. The molecular formula is C4H7NOS. The summed E-state index contributed by atoms with van der Waals surface area (Å²) in [6.45, 7) is 0. The second-order valence-electron chi connectivity index (χ2n) is 1.58.